The van der Waals surface area contributed by atoms with Gasteiger partial charge in [0, 0.05) is 16.9 Å². The van der Waals surface area contributed by atoms with Crippen molar-refractivity contribution in [2.24, 2.45) is 0 Å². The Balaban J connectivity index is 1.79. The Kier molecular flexibility index (Phi) is 5.19. The molecule has 0 radical (unpaired) electrons. The fourth-order valence-electron chi connectivity index (χ4n) is 2.27. The van der Waals surface area contributed by atoms with Crippen LogP contribution in [0.15, 0.2) is 77.8 Å². The lowest BCUT2D eigenvalue weighted by atomic mass is 10.2. The third kappa shape index (κ3) is 4.28. The molecule has 128 valence electrons. The number of hydrogen-bond donors (Lipinski definition) is 0. The summed E-state index contributed by atoms with van der Waals surface area (Å²) in [5, 5.41) is 0. The third-order valence-corrected chi connectivity index (χ3v) is 4.22. The average molecular weight is 401 g/mol. The molecule has 3 aromatic rings. The summed E-state index contributed by atoms with van der Waals surface area (Å²) in [7, 11) is 0. The van der Waals surface area contributed by atoms with Gasteiger partial charge in [0.15, 0.2) is 0 Å². The number of aromatic nitrogens is 2. The topological polar surface area (TPSA) is 53.4 Å². The predicted octanol–water partition coefficient (Wildman–Crippen LogP) is 4.25. The highest BCUT2D eigenvalue weighted by molar-refractivity contribution is 9.10. The van der Waals surface area contributed by atoms with Gasteiger partial charge in [0.2, 0.25) is 5.72 Å². The first kappa shape index (κ1) is 17.2. The molecule has 1 atom stereocenters. The summed E-state index contributed by atoms with van der Waals surface area (Å²) in [4.78, 5) is 16.6. The van der Waals surface area contributed by atoms with E-state index in [-0.39, 0.29) is 6.61 Å². The van der Waals surface area contributed by atoms with E-state index in [2.05, 4.69) is 20.9 Å². The van der Waals surface area contributed by atoms with Gasteiger partial charge in [0.25, 0.3) is 0 Å². The van der Waals surface area contributed by atoms with E-state index in [1.807, 2.05) is 30.3 Å². The minimum atomic E-state index is -1.03. The zero-order valence-corrected chi connectivity index (χ0v) is 15.2. The first-order valence-electron chi connectivity index (χ1n) is 7.72. The second kappa shape index (κ2) is 7.53. The molecule has 0 aliphatic rings. The number of carbonyl (C=O) groups excluding carboxylic acids is 1. The number of esters is 1. The highest BCUT2D eigenvalue weighted by atomic mass is 79.9. The Bertz CT molecular complexity index is 820. The lowest BCUT2D eigenvalue weighted by Gasteiger charge is -2.30. The predicted molar refractivity (Wildman–Crippen MR) is 97.4 cm³/mol. The lowest BCUT2D eigenvalue weighted by Crippen LogP contribution is -2.40. The summed E-state index contributed by atoms with van der Waals surface area (Å²) in [6, 6.07) is 16.4. The van der Waals surface area contributed by atoms with Gasteiger partial charge in [-0.3, -0.25) is 4.57 Å². The number of para-hydroxylation sites is 1. The van der Waals surface area contributed by atoms with E-state index in [4.69, 9.17) is 9.47 Å². The Morgan fingerprint density at radius 1 is 1.16 bits per heavy atom. The minimum Gasteiger partial charge on any atom is -0.487 e. The fourth-order valence-corrected chi connectivity index (χ4v) is 2.54. The van der Waals surface area contributed by atoms with Crippen molar-refractivity contribution >= 4 is 21.9 Å². The highest BCUT2D eigenvalue weighted by Gasteiger charge is 2.32. The van der Waals surface area contributed by atoms with E-state index in [0.717, 1.165) is 4.47 Å². The van der Waals surface area contributed by atoms with Crippen LogP contribution in [0.2, 0.25) is 0 Å². The van der Waals surface area contributed by atoms with Crippen molar-refractivity contribution in [1.29, 1.82) is 0 Å². The molecular weight excluding hydrogens is 384 g/mol. The second-order valence-corrected chi connectivity index (χ2v) is 6.56. The molecule has 0 aliphatic carbocycles. The molecule has 1 unspecified atom stereocenters. The van der Waals surface area contributed by atoms with Crippen LogP contribution in [0.1, 0.15) is 17.3 Å². The molecule has 3 rings (SSSR count). The van der Waals surface area contributed by atoms with Crippen LogP contribution in [0.4, 0.5) is 0 Å². The van der Waals surface area contributed by atoms with E-state index in [1.54, 1.807) is 54.5 Å². The summed E-state index contributed by atoms with van der Waals surface area (Å²) in [5.41, 5.74) is -0.564. The lowest BCUT2D eigenvalue weighted by molar-refractivity contribution is -0.0794. The SMILES string of the molecule is CC(COc1ccccc1)(OC(=O)c1ccc(Br)cc1)n1ccnc1. The van der Waals surface area contributed by atoms with Gasteiger partial charge in [0.05, 0.1) is 11.9 Å². The summed E-state index contributed by atoms with van der Waals surface area (Å²) < 4.78 is 14.2. The number of ether oxygens (including phenoxy) is 2. The molecule has 0 aliphatic heterocycles. The maximum absolute atomic E-state index is 12.6. The van der Waals surface area contributed by atoms with Gasteiger partial charge in [0.1, 0.15) is 12.4 Å². The summed E-state index contributed by atoms with van der Waals surface area (Å²) in [6.45, 7) is 1.93. The highest BCUT2D eigenvalue weighted by Crippen LogP contribution is 2.23. The molecule has 0 fully saturated rings. The number of nitrogens with zero attached hydrogens (tertiary/aromatic N) is 2. The quantitative estimate of drug-likeness (QED) is 0.580. The second-order valence-electron chi connectivity index (χ2n) is 5.64. The smallest absolute Gasteiger partial charge is 0.340 e. The fraction of sp³-hybridized carbons (Fsp3) is 0.158. The van der Waals surface area contributed by atoms with Crippen molar-refractivity contribution in [3.63, 3.8) is 0 Å². The van der Waals surface area contributed by atoms with Gasteiger partial charge in [-0.15, -0.1) is 0 Å². The molecule has 0 bridgehead atoms. The molecule has 0 spiro atoms. The van der Waals surface area contributed by atoms with Crippen LogP contribution in [0.3, 0.4) is 0 Å². The van der Waals surface area contributed by atoms with E-state index in [1.165, 1.54) is 0 Å². The largest absolute Gasteiger partial charge is 0.487 e. The van der Waals surface area contributed by atoms with Crippen LogP contribution in [0.25, 0.3) is 0 Å². The zero-order chi connectivity index (χ0) is 17.7. The monoisotopic (exact) mass is 400 g/mol. The van der Waals surface area contributed by atoms with Gasteiger partial charge in [-0.25, -0.2) is 9.78 Å². The minimum absolute atomic E-state index is 0.148. The summed E-state index contributed by atoms with van der Waals surface area (Å²) >= 11 is 3.35. The van der Waals surface area contributed by atoms with E-state index >= 15 is 0 Å². The maximum Gasteiger partial charge on any atom is 0.340 e. The average Bonchev–Trinajstić information content (AvgIpc) is 3.17. The van der Waals surface area contributed by atoms with E-state index in [9.17, 15) is 4.79 Å². The molecule has 5 nitrogen and oxygen atoms in total. The van der Waals surface area contributed by atoms with Crippen molar-refractivity contribution in [3.05, 3.63) is 83.4 Å². The summed E-state index contributed by atoms with van der Waals surface area (Å²) in [6.07, 6.45) is 4.97. The normalized spacial score (nSPS) is 13.0. The molecule has 1 aromatic heterocycles. The number of rotatable bonds is 6. The van der Waals surface area contributed by atoms with Crippen molar-refractivity contribution in [2.75, 3.05) is 6.61 Å². The molecule has 2 aromatic carbocycles. The van der Waals surface area contributed by atoms with E-state index in [0.29, 0.717) is 11.3 Å². The molecule has 1 heterocycles. The zero-order valence-electron chi connectivity index (χ0n) is 13.6. The number of imidazole rings is 1. The van der Waals surface area contributed by atoms with Gasteiger partial charge < -0.3 is 9.47 Å². The number of benzene rings is 2. The molecular formula is C19H17BrN2O3. The van der Waals surface area contributed by atoms with Crippen LogP contribution >= 0.6 is 15.9 Å². The number of halogens is 1. The Morgan fingerprint density at radius 3 is 2.52 bits per heavy atom. The maximum atomic E-state index is 12.6. The molecule has 0 saturated heterocycles. The van der Waals surface area contributed by atoms with Crippen LogP contribution in [-0.4, -0.2) is 22.1 Å². The number of hydrogen-bond acceptors (Lipinski definition) is 4. The van der Waals surface area contributed by atoms with Crippen LogP contribution in [0, 0.1) is 0 Å². The van der Waals surface area contributed by atoms with Crippen LogP contribution in [0.5, 0.6) is 5.75 Å². The Hall–Kier alpha value is -2.60. The number of carbonyl (C=O) groups is 1. The Labute approximate surface area is 154 Å². The van der Waals surface area contributed by atoms with E-state index < -0.39 is 11.7 Å². The standard InChI is InChI=1S/C19H17BrN2O3/c1-19(22-12-11-21-14-22,13-24-17-5-3-2-4-6-17)25-18(23)15-7-9-16(20)10-8-15/h2-12,14H,13H2,1H3. The molecule has 25 heavy (non-hydrogen) atoms. The molecule has 0 amide bonds. The van der Waals surface area contributed by atoms with Gasteiger partial charge in [-0.1, -0.05) is 34.1 Å². The van der Waals surface area contributed by atoms with Gasteiger partial charge in [-0.05, 0) is 43.3 Å². The summed E-state index contributed by atoms with van der Waals surface area (Å²) in [5.74, 6) is 0.272. The Morgan fingerprint density at radius 2 is 1.88 bits per heavy atom. The van der Waals surface area contributed by atoms with Gasteiger partial charge in [-0.2, -0.15) is 0 Å². The molecule has 6 heteroatoms. The third-order valence-electron chi connectivity index (χ3n) is 3.69. The van der Waals surface area contributed by atoms with Crippen molar-refractivity contribution in [3.8, 4) is 5.75 Å². The molecule has 0 saturated carbocycles. The van der Waals surface area contributed by atoms with Crippen molar-refractivity contribution in [1.82, 2.24) is 9.55 Å². The first-order chi connectivity index (χ1) is 12.1. The van der Waals surface area contributed by atoms with Crippen molar-refractivity contribution in [2.45, 2.75) is 12.6 Å². The van der Waals surface area contributed by atoms with Crippen LogP contribution < -0.4 is 4.74 Å². The van der Waals surface area contributed by atoms with Crippen molar-refractivity contribution < 1.29 is 14.3 Å². The molecule has 0 N–H and O–H groups in total. The van der Waals surface area contributed by atoms with Crippen LogP contribution in [-0.2, 0) is 10.5 Å². The van der Waals surface area contributed by atoms with Gasteiger partial charge >= 0.3 is 5.97 Å². The first-order valence-corrected chi connectivity index (χ1v) is 8.51.